The van der Waals surface area contributed by atoms with Crippen molar-refractivity contribution in [2.75, 3.05) is 18.5 Å². The van der Waals surface area contributed by atoms with Crippen molar-refractivity contribution < 1.29 is 0 Å². The van der Waals surface area contributed by atoms with E-state index in [2.05, 4.69) is 21.8 Å². The van der Waals surface area contributed by atoms with Crippen LogP contribution in [0.4, 0.5) is 5.82 Å². The Morgan fingerprint density at radius 3 is 2.41 bits per heavy atom. The van der Waals surface area contributed by atoms with Crippen molar-refractivity contribution in [2.45, 2.75) is 13.8 Å². The van der Waals surface area contributed by atoms with Gasteiger partial charge in [-0.1, -0.05) is 18.2 Å². The Labute approximate surface area is 102 Å². The van der Waals surface area contributed by atoms with Crippen LogP contribution in [0.2, 0.25) is 0 Å². The molecule has 0 spiro atoms. The van der Waals surface area contributed by atoms with Gasteiger partial charge in [0.1, 0.15) is 5.69 Å². The Hall–Kier alpha value is -1.90. The highest BCUT2D eigenvalue weighted by Crippen LogP contribution is 2.20. The molecule has 0 N–H and O–H groups in total. The molecule has 17 heavy (non-hydrogen) atoms. The third-order valence-corrected chi connectivity index (χ3v) is 2.74. The third kappa shape index (κ3) is 2.28. The molecule has 1 aromatic carbocycles. The van der Waals surface area contributed by atoms with Gasteiger partial charge < -0.3 is 4.90 Å². The molecule has 3 nitrogen and oxygen atoms in total. The highest BCUT2D eigenvalue weighted by atomic mass is 15.2. The first-order valence-corrected chi connectivity index (χ1v) is 5.87. The zero-order chi connectivity index (χ0) is 12.3. The van der Waals surface area contributed by atoms with E-state index in [-0.39, 0.29) is 0 Å². The number of fused-ring (bicyclic) bond motifs is 1. The van der Waals surface area contributed by atoms with Gasteiger partial charge in [-0.25, -0.2) is 9.97 Å². The molecule has 0 radical (unpaired) electrons. The van der Waals surface area contributed by atoms with E-state index in [1.54, 1.807) is 0 Å². The SMILES string of the molecule is CC=Cc1nc2ccccc2nc1N(C)CC. The summed E-state index contributed by atoms with van der Waals surface area (Å²) in [5.41, 5.74) is 2.81. The zero-order valence-corrected chi connectivity index (χ0v) is 10.5. The molecule has 0 amide bonds. The largest absolute Gasteiger partial charge is 0.358 e. The lowest BCUT2D eigenvalue weighted by Gasteiger charge is -2.18. The zero-order valence-electron chi connectivity index (χ0n) is 10.5. The van der Waals surface area contributed by atoms with Crippen LogP contribution in [0.5, 0.6) is 0 Å². The maximum Gasteiger partial charge on any atom is 0.155 e. The standard InChI is InChI=1S/C14H17N3/c1-4-8-13-14(17(3)5-2)16-12-10-7-6-9-11(12)15-13/h4,6-10H,5H2,1-3H3. The Balaban J connectivity index is 2.65. The fourth-order valence-corrected chi connectivity index (χ4v) is 1.70. The minimum atomic E-state index is 0.914. The van der Waals surface area contributed by atoms with Crippen molar-refractivity contribution in [3.8, 4) is 0 Å². The van der Waals surface area contributed by atoms with Crippen LogP contribution < -0.4 is 4.90 Å². The molecule has 1 aromatic heterocycles. The summed E-state index contributed by atoms with van der Waals surface area (Å²) in [6, 6.07) is 7.96. The number of hydrogen-bond acceptors (Lipinski definition) is 3. The van der Waals surface area contributed by atoms with Gasteiger partial charge in [-0.2, -0.15) is 0 Å². The number of nitrogens with zero attached hydrogens (tertiary/aromatic N) is 3. The quantitative estimate of drug-likeness (QED) is 0.806. The van der Waals surface area contributed by atoms with E-state index >= 15 is 0 Å². The summed E-state index contributed by atoms with van der Waals surface area (Å²) in [7, 11) is 2.03. The van der Waals surface area contributed by atoms with Crippen LogP contribution in [0.1, 0.15) is 19.5 Å². The van der Waals surface area contributed by atoms with Crippen molar-refractivity contribution in [3.63, 3.8) is 0 Å². The first kappa shape index (κ1) is 11.6. The molecule has 3 heteroatoms. The number of para-hydroxylation sites is 2. The number of rotatable bonds is 3. The molecule has 88 valence electrons. The van der Waals surface area contributed by atoms with E-state index in [1.165, 1.54) is 0 Å². The average molecular weight is 227 g/mol. The number of aromatic nitrogens is 2. The molecule has 0 bridgehead atoms. The smallest absolute Gasteiger partial charge is 0.155 e. The summed E-state index contributed by atoms with van der Waals surface area (Å²) in [4.78, 5) is 11.4. The van der Waals surface area contributed by atoms with Gasteiger partial charge in [-0.05, 0) is 32.1 Å². The molecule has 0 fully saturated rings. The molecule has 0 atom stereocenters. The van der Waals surface area contributed by atoms with Crippen LogP contribution in [-0.4, -0.2) is 23.6 Å². The van der Waals surface area contributed by atoms with Gasteiger partial charge >= 0.3 is 0 Å². The monoisotopic (exact) mass is 227 g/mol. The van der Waals surface area contributed by atoms with E-state index in [0.717, 1.165) is 29.1 Å². The Morgan fingerprint density at radius 2 is 1.82 bits per heavy atom. The maximum atomic E-state index is 4.68. The first-order chi connectivity index (χ1) is 8.26. The van der Waals surface area contributed by atoms with Gasteiger partial charge in [0.05, 0.1) is 11.0 Å². The second-order valence-electron chi connectivity index (χ2n) is 3.94. The second kappa shape index (κ2) is 4.95. The summed E-state index contributed by atoms with van der Waals surface area (Å²) in [5, 5.41) is 0. The maximum absolute atomic E-state index is 4.68. The fourth-order valence-electron chi connectivity index (χ4n) is 1.70. The van der Waals surface area contributed by atoms with Gasteiger partial charge in [0.2, 0.25) is 0 Å². The second-order valence-corrected chi connectivity index (χ2v) is 3.94. The van der Waals surface area contributed by atoms with Crippen LogP contribution >= 0.6 is 0 Å². The molecule has 0 aliphatic heterocycles. The molecular weight excluding hydrogens is 210 g/mol. The van der Waals surface area contributed by atoms with Gasteiger partial charge in [0, 0.05) is 13.6 Å². The lowest BCUT2D eigenvalue weighted by Crippen LogP contribution is -2.19. The summed E-state index contributed by atoms with van der Waals surface area (Å²) < 4.78 is 0. The van der Waals surface area contributed by atoms with E-state index in [9.17, 15) is 0 Å². The Kier molecular flexibility index (Phi) is 3.38. The summed E-state index contributed by atoms with van der Waals surface area (Å²) in [6.45, 7) is 5.01. The van der Waals surface area contributed by atoms with Crippen LogP contribution in [0, 0.1) is 0 Å². The number of anilines is 1. The lowest BCUT2D eigenvalue weighted by atomic mass is 10.2. The van der Waals surface area contributed by atoms with Crippen molar-refractivity contribution in [3.05, 3.63) is 36.0 Å². The molecule has 0 aliphatic rings. The molecule has 0 aliphatic carbocycles. The molecule has 2 aromatic rings. The van der Waals surface area contributed by atoms with Gasteiger partial charge in [0.25, 0.3) is 0 Å². The molecule has 0 saturated carbocycles. The molecular formula is C14H17N3. The third-order valence-electron chi connectivity index (χ3n) is 2.74. The lowest BCUT2D eigenvalue weighted by molar-refractivity contribution is 0.934. The Bertz CT molecular complexity index is 546. The number of benzene rings is 1. The molecule has 0 unspecified atom stereocenters. The van der Waals surface area contributed by atoms with E-state index in [0.29, 0.717) is 0 Å². The van der Waals surface area contributed by atoms with Crippen molar-refractivity contribution >= 4 is 22.9 Å². The summed E-state index contributed by atoms with van der Waals surface area (Å²) in [6.07, 6.45) is 3.99. The summed E-state index contributed by atoms with van der Waals surface area (Å²) >= 11 is 0. The minimum absolute atomic E-state index is 0.914. The number of allylic oxidation sites excluding steroid dienone is 1. The highest BCUT2D eigenvalue weighted by Gasteiger charge is 2.09. The minimum Gasteiger partial charge on any atom is -0.358 e. The highest BCUT2D eigenvalue weighted by molar-refractivity contribution is 5.79. The predicted molar refractivity (Wildman–Crippen MR) is 73.2 cm³/mol. The molecule has 0 saturated heterocycles. The van der Waals surface area contributed by atoms with E-state index in [4.69, 9.17) is 0 Å². The Morgan fingerprint density at radius 1 is 1.18 bits per heavy atom. The van der Waals surface area contributed by atoms with E-state index in [1.807, 2.05) is 50.4 Å². The van der Waals surface area contributed by atoms with Crippen LogP contribution in [-0.2, 0) is 0 Å². The van der Waals surface area contributed by atoms with Crippen molar-refractivity contribution in [1.82, 2.24) is 9.97 Å². The van der Waals surface area contributed by atoms with Crippen LogP contribution in [0.15, 0.2) is 30.3 Å². The van der Waals surface area contributed by atoms with Gasteiger partial charge in [-0.15, -0.1) is 0 Å². The van der Waals surface area contributed by atoms with Crippen LogP contribution in [0.25, 0.3) is 17.1 Å². The normalized spacial score (nSPS) is 11.2. The first-order valence-electron chi connectivity index (χ1n) is 5.87. The average Bonchev–Trinajstić information content (AvgIpc) is 2.37. The number of hydrogen-bond donors (Lipinski definition) is 0. The van der Waals surface area contributed by atoms with Gasteiger partial charge in [0.15, 0.2) is 5.82 Å². The van der Waals surface area contributed by atoms with Crippen molar-refractivity contribution in [2.24, 2.45) is 0 Å². The van der Waals surface area contributed by atoms with Crippen LogP contribution in [0.3, 0.4) is 0 Å². The fraction of sp³-hybridized carbons (Fsp3) is 0.286. The molecule has 2 rings (SSSR count). The molecule has 1 heterocycles. The summed E-state index contributed by atoms with van der Waals surface area (Å²) in [5.74, 6) is 0.935. The van der Waals surface area contributed by atoms with Crippen molar-refractivity contribution in [1.29, 1.82) is 0 Å². The topological polar surface area (TPSA) is 29.0 Å². The predicted octanol–water partition coefficient (Wildman–Crippen LogP) is 3.12. The van der Waals surface area contributed by atoms with E-state index < -0.39 is 0 Å². The van der Waals surface area contributed by atoms with Gasteiger partial charge in [-0.3, -0.25) is 0 Å².